The van der Waals surface area contributed by atoms with Crippen LogP contribution >= 0.6 is 0 Å². The van der Waals surface area contributed by atoms with E-state index in [9.17, 15) is 4.39 Å². The lowest BCUT2D eigenvalue weighted by Gasteiger charge is -2.09. The van der Waals surface area contributed by atoms with Crippen LogP contribution in [-0.2, 0) is 0 Å². The molecule has 0 aliphatic heterocycles. The first-order chi connectivity index (χ1) is 10.6. The van der Waals surface area contributed by atoms with E-state index in [4.69, 9.17) is 0 Å². The molecule has 3 aromatic heterocycles. The molecule has 3 aromatic rings. The summed E-state index contributed by atoms with van der Waals surface area (Å²) in [5.41, 5.74) is 2.71. The van der Waals surface area contributed by atoms with E-state index < -0.39 is 5.82 Å². The predicted molar refractivity (Wildman–Crippen MR) is 83.9 cm³/mol. The van der Waals surface area contributed by atoms with Crippen LogP contribution in [-0.4, -0.2) is 32.2 Å². The van der Waals surface area contributed by atoms with Crippen LogP contribution in [0.15, 0.2) is 18.3 Å². The molecule has 3 heterocycles. The normalized spacial score (nSPS) is 11.5. The zero-order valence-corrected chi connectivity index (χ0v) is 12.5. The molecular weight excluding hydrogens is 283 g/mol. The number of nitrogens with zero attached hydrogens (tertiary/aromatic N) is 4. The highest BCUT2D eigenvalue weighted by Crippen LogP contribution is 2.26. The number of anilines is 1. The Morgan fingerprint density at radius 2 is 2.14 bits per heavy atom. The van der Waals surface area contributed by atoms with Crippen molar-refractivity contribution in [2.45, 2.75) is 13.8 Å². The number of halogens is 1. The molecule has 0 saturated carbocycles. The molecule has 6 nitrogen and oxygen atoms in total. The summed E-state index contributed by atoms with van der Waals surface area (Å²) in [7, 11) is 1.79. The smallest absolute Gasteiger partial charge is 0.183 e. The van der Waals surface area contributed by atoms with Crippen molar-refractivity contribution in [2.24, 2.45) is 0 Å². The molecule has 22 heavy (non-hydrogen) atoms. The summed E-state index contributed by atoms with van der Waals surface area (Å²) in [6.07, 6.45) is 5.01. The summed E-state index contributed by atoms with van der Waals surface area (Å²) < 4.78 is 13.4. The number of aromatic nitrogens is 5. The molecule has 0 atom stereocenters. The van der Waals surface area contributed by atoms with Gasteiger partial charge in [-0.2, -0.15) is 5.10 Å². The van der Waals surface area contributed by atoms with Crippen LogP contribution in [0, 0.1) is 12.7 Å². The summed E-state index contributed by atoms with van der Waals surface area (Å²) in [4.78, 5) is 12.9. The molecule has 0 aromatic carbocycles. The maximum Gasteiger partial charge on any atom is 0.183 e. The van der Waals surface area contributed by atoms with Gasteiger partial charge in [0, 0.05) is 12.6 Å². The van der Waals surface area contributed by atoms with Gasteiger partial charge in [0.15, 0.2) is 11.5 Å². The number of hydrogen-bond acceptors (Lipinski definition) is 5. The van der Waals surface area contributed by atoms with Gasteiger partial charge >= 0.3 is 0 Å². The van der Waals surface area contributed by atoms with Crippen molar-refractivity contribution >= 4 is 22.9 Å². The highest BCUT2D eigenvalue weighted by Gasteiger charge is 2.16. The molecule has 3 rings (SSSR count). The van der Waals surface area contributed by atoms with E-state index in [2.05, 4.69) is 30.5 Å². The summed E-state index contributed by atoms with van der Waals surface area (Å²) in [6.45, 7) is 3.83. The van der Waals surface area contributed by atoms with Gasteiger partial charge in [0.1, 0.15) is 17.3 Å². The first-order valence-electron chi connectivity index (χ1n) is 6.83. The van der Waals surface area contributed by atoms with Gasteiger partial charge in [-0.1, -0.05) is 12.2 Å². The zero-order valence-electron chi connectivity index (χ0n) is 12.5. The summed E-state index contributed by atoms with van der Waals surface area (Å²) in [6, 6.07) is 1.37. The number of nitrogens with one attached hydrogen (secondary N) is 2. The Morgan fingerprint density at radius 3 is 2.86 bits per heavy atom. The fraction of sp³-hybridized carbons (Fsp3) is 0.200. The first-order valence-corrected chi connectivity index (χ1v) is 6.83. The predicted octanol–water partition coefficient (Wildman–Crippen LogP) is 2.94. The molecule has 7 heteroatoms. The fourth-order valence-corrected chi connectivity index (χ4v) is 2.29. The Kier molecular flexibility index (Phi) is 3.54. The largest absolute Gasteiger partial charge is 0.373 e. The van der Waals surface area contributed by atoms with E-state index in [1.807, 2.05) is 26.0 Å². The lowest BCUT2D eigenvalue weighted by atomic mass is 10.2. The standard InChI is InChI=1S/C15H15FN6/c1-4-5-10-8(2)19-15(20-13(10)17-3)12-11-6-9(16)7-18-14(11)22-21-12/h4-7H,1-3H3,(H,17,19,20)(H,18,21,22)/b5-4-. The van der Waals surface area contributed by atoms with Gasteiger partial charge in [-0.3, -0.25) is 5.10 Å². The second kappa shape index (κ2) is 5.51. The van der Waals surface area contributed by atoms with Crippen molar-refractivity contribution in [1.82, 2.24) is 25.1 Å². The van der Waals surface area contributed by atoms with Gasteiger partial charge in [0.2, 0.25) is 0 Å². The number of hydrogen-bond donors (Lipinski definition) is 2. The number of aromatic amines is 1. The van der Waals surface area contributed by atoms with Crippen LogP contribution in [0.1, 0.15) is 18.2 Å². The third kappa shape index (κ3) is 2.30. The second-order valence-corrected chi connectivity index (χ2v) is 4.77. The molecule has 0 amide bonds. The van der Waals surface area contributed by atoms with Crippen molar-refractivity contribution in [3.05, 3.63) is 35.4 Å². The topological polar surface area (TPSA) is 79.4 Å². The molecule has 112 valence electrons. The molecule has 2 N–H and O–H groups in total. The van der Waals surface area contributed by atoms with E-state index in [-0.39, 0.29) is 0 Å². The highest BCUT2D eigenvalue weighted by atomic mass is 19.1. The average Bonchev–Trinajstić information content (AvgIpc) is 2.92. The number of H-pyrrole nitrogens is 1. The Balaban J connectivity index is 2.22. The van der Waals surface area contributed by atoms with Crippen molar-refractivity contribution < 1.29 is 4.39 Å². The molecule has 0 spiro atoms. The van der Waals surface area contributed by atoms with Crippen molar-refractivity contribution in [1.29, 1.82) is 0 Å². The van der Waals surface area contributed by atoms with E-state index in [1.165, 1.54) is 6.07 Å². The van der Waals surface area contributed by atoms with Gasteiger partial charge in [0.25, 0.3) is 0 Å². The molecular formula is C15H15FN6. The number of aryl methyl sites for hydroxylation is 1. The molecule has 0 radical (unpaired) electrons. The van der Waals surface area contributed by atoms with E-state index in [0.29, 0.717) is 28.4 Å². The van der Waals surface area contributed by atoms with E-state index in [1.54, 1.807) is 7.05 Å². The van der Waals surface area contributed by atoms with Gasteiger partial charge in [-0.25, -0.2) is 19.3 Å². The van der Waals surface area contributed by atoms with E-state index in [0.717, 1.165) is 17.5 Å². The fourth-order valence-electron chi connectivity index (χ4n) is 2.29. The average molecular weight is 298 g/mol. The maximum absolute atomic E-state index is 13.4. The molecule has 0 unspecified atom stereocenters. The molecule has 0 bridgehead atoms. The van der Waals surface area contributed by atoms with Crippen LogP contribution < -0.4 is 5.32 Å². The van der Waals surface area contributed by atoms with Crippen molar-refractivity contribution in [2.75, 3.05) is 12.4 Å². The van der Waals surface area contributed by atoms with Gasteiger partial charge in [-0.15, -0.1) is 0 Å². The van der Waals surface area contributed by atoms with Crippen molar-refractivity contribution in [3.63, 3.8) is 0 Å². The summed E-state index contributed by atoms with van der Waals surface area (Å²) in [5, 5.41) is 10.6. The Labute approximate surface area is 126 Å². The number of rotatable bonds is 3. The minimum Gasteiger partial charge on any atom is -0.373 e. The summed E-state index contributed by atoms with van der Waals surface area (Å²) in [5.74, 6) is 0.695. The number of fused-ring (bicyclic) bond motifs is 1. The SMILES string of the molecule is C/C=C\c1c(C)nc(-c2n[nH]c3ncc(F)cc23)nc1NC. The molecule has 0 saturated heterocycles. The molecule has 0 aliphatic carbocycles. The summed E-state index contributed by atoms with van der Waals surface area (Å²) >= 11 is 0. The van der Waals surface area contributed by atoms with Gasteiger partial charge in [-0.05, 0) is 19.9 Å². The number of pyridine rings is 1. The second-order valence-electron chi connectivity index (χ2n) is 4.77. The number of allylic oxidation sites excluding steroid dienone is 1. The van der Waals surface area contributed by atoms with Crippen LogP contribution in [0.4, 0.5) is 10.2 Å². The molecule has 0 aliphatic rings. The minimum absolute atomic E-state index is 0.425. The van der Waals surface area contributed by atoms with Crippen LogP contribution in [0.3, 0.4) is 0 Å². The van der Waals surface area contributed by atoms with Gasteiger partial charge in [0.05, 0.1) is 17.3 Å². The third-order valence-electron chi connectivity index (χ3n) is 3.30. The lowest BCUT2D eigenvalue weighted by molar-refractivity contribution is 0.624. The Hall–Kier alpha value is -2.83. The lowest BCUT2D eigenvalue weighted by Crippen LogP contribution is -2.03. The third-order valence-corrected chi connectivity index (χ3v) is 3.30. The van der Waals surface area contributed by atoms with Crippen LogP contribution in [0.25, 0.3) is 28.6 Å². The maximum atomic E-state index is 13.4. The van der Waals surface area contributed by atoms with Gasteiger partial charge < -0.3 is 5.32 Å². The highest BCUT2D eigenvalue weighted by molar-refractivity contribution is 5.89. The van der Waals surface area contributed by atoms with Crippen LogP contribution in [0.2, 0.25) is 0 Å². The van der Waals surface area contributed by atoms with E-state index >= 15 is 0 Å². The van der Waals surface area contributed by atoms with Crippen molar-refractivity contribution in [3.8, 4) is 11.5 Å². The monoisotopic (exact) mass is 298 g/mol. The van der Waals surface area contributed by atoms with Crippen LogP contribution in [0.5, 0.6) is 0 Å². The Morgan fingerprint density at radius 1 is 1.32 bits per heavy atom. The zero-order chi connectivity index (χ0) is 15.7. The molecule has 0 fully saturated rings. The first kappa shape index (κ1) is 14.1. The quantitative estimate of drug-likeness (QED) is 0.777. The minimum atomic E-state index is -0.425. The Bertz CT molecular complexity index is 868.